The SMILES string of the molecule is CC1CCN(c2ccnc3ccccc23)C1C(=O)O. The second-order valence-electron chi connectivity index (χ2n) is 5.09. The highest BCUT2D eigenvalue weighted by Crippen LogP contribution is 2.33. The zero-order valence-electron chi connectivity index (χ0n) is 10.8. The van der Waals surface area contributed by atoms with Crippen molar-refractivity contribution < 1.29 is 9.90 Å². The molecule has 2 unspecified atom stereocenters. The van der Waals surface area contributed by atoms with Gasteiger partial charge in [0, 0.05) is 23.8 Å². The van der Waals surface area contributed by atoms with Crippen LogP contribution in [0, 0.1) is 5.92 Å². The molecule has 2 aromatic rings. The number of para-hydroxylation sites is 1. The molecule has 0 radical (unpaired) electrons. The highest BCUT2D eigenvalue weighted by Gasteiger charge is 2.37. The van der Waals surface area contributed by atoms with Gasteiger partial charge in [-0.25, -0.2) is 4.79 Å². The fraction of sp³-hybridized carbons (Fsp3) is 0.333. The number of rotatable bonds is 2. The first-order valence-electron chi connectivity index (χ1n) is 6.51. The number of pyridine rings is 1. The molecule has 0 spiro atoms. The third-order valence-corrected chi connectivity index (χ3v) is 3.89. The number of fused-ring (bicyclic) bond motifs is 1. The van der Waals surface area contributed by atoms with Crippen LogP contribution in [-0.2, 0) is 4.79 Å². The molecular formula is C15H16N2O2. The predicted octanol–water partition coefficient (Wildman–Crippen LogP) is 2.53. The van der Waals surface area contributed by atoms with Gasteiger partial charge in [-0.1, -0.05) is 25.1 Å². The molecule has 19 heavy (non-hydrogen) atoms. The summed E-state index contributed by atoms with van der Waals surface area (Å²) < 4.78 is 0. The normalized spacial score (nSPS) is 22.9. The number of benzene rings is 1. The van der Waals surface area contributed by atoms with Crippen LogP contribution >= 0.6 is 0 Å². The van der Waals surface area contributed by atoms with Gasteiger partial charge in [0.25, 0.3) is 0 Å². The van der Waals surface area contributed by atoms with Gasteiger partial charge in [0.1, 0.15) is 6.04 Å². The molecule has 3 rings (SSSR count). The lowest BCUT2D eigenvalue weighted by atomic mass is 10.0. The van der Waals surface area contributed by atoms with Crippen LogP contribution in [0.5, 0.6) is 0 Å². The Hall–Kier alpha value is -2.10. The van der Waals surface area contributed by atoms with Gasteiger partial charge in [0.2, 0.25) is 0 Å². The highest BCUT2D eigenvalue weighted by molar-refractivity contribution is 5.93. The van der Waals surface area contributed by atoms with Crippen molar-refractivity contribution in [3.63, 3.8) is 0 Å². The fourth-order valence-corrected chi connectivity index (χ4v) is 2.93. The molecule has 1 fully saturated rings. The maximum absolute atomic E-state index is 11.5. The molecule has 1 aliphatic rings. The molecule has 1 aromatic heterocycles. The summed E-state index contributed by atoms with van der Waals surface area (Å²) in [5, 5.41) is 10.4. The maximum Gasteiger partial charge on any atom is 0.326 e. The first-order valence-corrected chi connectivity index (χ1v) is 6.51. The second kappa shape index (κ2) is 4.53. The average Bonchev–Trinajstić information content (AvgIpc) is 2.80. The molecule has 1 N–H and O–H groups in total. The largest absolute Gasteiger partial charge is 0.480 e. The number of hydrogen-bond acceptors (Lipinski definition) is 3. The van der Waals surface area contributed by atoms with E-state index in [2.05, 4.69) is 4.98 Å². The Morgan fingerprint density at radius 3 is 2.95 bits per heavy atom. The van der Waals surface area contributed by atoms with E-state index in [0.29, 0.717) is 0 Å². The summed E-state index contributed by atoms with van der Waals surface area (Å²) in [6, 6.07) is 9.33. The van der Waals surface area contributed by atoms with Crippen LogP contribution in [0.2, 0.25) is 0 Å². The van der Waals surface area contributed by atoms with E-state index in [9.17, 15) is 9.90 Å². The molecule has 0 saturated carbocycles. The van der Waals surface area contributed by atoms with Gasteiger partial charge in [-0.15, -0.1) is 0 Å². The number of aliphatic carboxylic acids is 1. The average molecular weight is 256 g/mol. The van der Waals surface area contributed by atoms with Crippen molar-refractivity contribution in [2.24, 2.45) is 5.92 Å². The molecule has 4 nitrogen and oxygen atoms in total. The van der Waals surface area contributed by atoms with Crippen molar-refractivity contribution in [1.82, 2.24) is 4.98 Å². The third kappa shape index (κ3) is 1.93. The second-order valence-corrected chi connectivity index (χ2v) is 5.09. The number of nitrogens with zero attached hydrogens (tertiary/aromatic N) is 2. The minimum absolute atomic E-state index is 0.171. The molecule has 98 valence electrons. The highest BCUT2D eigenvalue weighted by atomic mass is 16.4. The van der Waals surface area contributed by atoms with Crippen LogP contribution in [0.1, 0.15) is 13.3 Å². The van der Waals surface area contributed by atoms with E-state index in [1.54, 1.807) is 6.20 Å². The van der Waals surface area contributed by atoms with Crippen molar-refractivity contribution >= 4 is 22.6 Å². The Morgan fingerprint density at radius 2 is 2.16 bits per heavy atom. The number of anilines is 1. The molecule has 0 amide bonds. The summed E-state index contributed by atoms with van der Waals surface area (Å²) >= 11 is 0. The molecule has 1 aromatic carbocycles. The van der Waals surface area contributed by atoms with Crippen LogP contribution in [0.4, 0.5) is 5.69 Å². The Bertz CT molecular complexity index is 621. The van der Waals surface area contributed by atoms with Crippen molar-refractivity contribution in [3.8, 4) is 0 Å². The molecule has 4 heteroatoms. The van der Waals surface area contributed by atoms with Gasteiger partial charge >= 0.3 is 5.97 Å². The Kier molecular flexibility index (Phi) is 2.85. The molecule has 0 bridgehead atoms. The lowest BCUT2D eigenvalue weighted by Gasteiger charge is -2.26. The number of carboxylic acids is 1. The van der Waals surface area contributed by atoms with Gasteiger partial charge in [-0.05, 0) is 24.5 Å². The summed E-state index contributed by atoms with van der Waals surface area (Å²) in [5.74, 6) is -0.574. The summed E-state index contributed by atoms with van der Waals surface area (Å²) in [7, 11) is 0. The molecule has 0 aliphatic carbocycles. The van der Waals surface area contributed by atoms with Crippen molar-refractivity contribution in [1.29, 1.82) is 0 Å². The molecule has 1 aliphatic heterocycles. The Labute approximate surface area is 111 Å². The van der Waals surface area contributed by atoms with Gasteiger partial charge < -0.3 is 10.0 Å². The lowest BCUT2D eigenvalue weighted by molar-refractivity contribution is -0.139. The fourth-order valence-electron chi connectivity index (χ4n) is 2.93. The Morgan fingerprint density at radius 1 is 1.37 bits per heavy atom. The predicted molar refractivity (Wildman–Crippen MR) is 74.3 cm³/mol. The van der Waals surface area contributed by atoms with Crippen LogP contribution < -0.4 is 4.90 Å². The van der Waals surface area contributed by atoms with Gasteiger partial charge in [0.15, 0.2) is 0 Å². The smallest absolute Gasteiger partial charge is 0.326 e. The van der Waals surface area contributed by atoms with E-state index in [1.807, 2.05) is 42.2 Å². The van der Waals surface area contributed by atoms with Crippen molar-refractivity contribution in [3.05, 3.63) is 36.5 Å². The monoisotopic (exact) mass is 256 g/mol. The number of carbonyl (C=O) groups is 1. The minimum atomic E-state index is -0.745. The van der Waals surface area contributed by atoms with Crippen LogP contribution in [0.25, 0.3) is 10.9 Å². The van der Waals surface area contributed by atoms with E-state index < -0.39 is 12.0 Å². The first-order chi connectivity index (χ1) is 9.18. The van der Waals surface area contributed by atoms with E-state index in [1.165, 1.54) is 0 Å². The molecule has 2 heterocycles. The molecule has 1 saturated heterocycles. The van der Waals surface area contributed by atoms with E-state index >= 15 is 0 Å². The van der Waals surface area contributed by atoms with Gasteiger partial charge in [-0.3, -0.25) is 4.98 Å². The number of aromatic nitrogens is 1. The van der Waals surface area contributed by atoms with E-state index in [4.69, 9.17) is 0 Å². The maximum atomic E-state index is 11.5. The first kappa shape index (κ1) is 12.0. The summed E-state index contributed by atoms with van der Waals surface area (Å²) in [6.45, 7) is 2.79. The minimum Gasteiger partial charge on any atom is -0.480 e. The van der Waals surface area contributed by atoms with Gasteiger partial charge in [-0.2, -0.15) is 0 Å². The van der Waals surface area contributed by atoms with Crippen molar-refractivity contribution in [2.45, 2.75) is 19.4 Å². The Balaban J connectivity index is 2.11. The summed E-state index contributed by atoms with van der Waals surface area (Å²) in [6.07, 6.45) is 2.66. The standard InChI is InChI=1S/C15H16N2O2/c1-10-7-9-17(14(10)15(18)19)13-6-8-16-12-5-3-2-4-11(12)13/h2-6,8,10,14H,7,9H2,1H3,(H,18,19). The van der Waals surface area contributed by atoms with Gasteiger partial charge in [0.05, 0.1) is 5.52 Å². The zero-order valence-corrected chi connectivity index (χ0v) is 10.8. The topological polar surface area (TPSA) is 53.4 Å². The van der Waals surface area contributed by atoms with E-state index in [0.717, 1.165) is 29.6 Å². The zero-order chi connectivity index (χ0) is 13.4. The van der Waals surface area contributed by atoms with Crippen LogP contribution in [-0.4, -0.2) is 28.6 Å². The van der Waals surface area contributed by atoms with Crippen molar-refractivity contribution in [2.75, 3.05) is 11.4 Å². The summed E-state index contributed by atoms with van der Waals surface area (Å²) in [5.41, 5.74) is 1.88. The number of carboxylic acid groups (broad SMARTS) is 1. The van der Waals surface area contributed by atoms with Crippen LogP contribution in [0.3, 0.4) is 0 Å². The number of hydrogen-bond donors (Lipinski definition) is 1. The summed E-state index contributed by atoms with van der Waals surface area (Å²) in [4.78, 5) is 17.8. The third-order valence-electron chi connectivity index (χ3n) is 3.89. The lowest BCUT2D eigenvalue weighted by Crippen LogP contribution is -2.39. The quantitative estimate of drug-likeness (QED) is 0.897. The van der Waals surface area contributed by atoms with Crippen LogP contribution in [0.15, 0.2) is 36.5 Å². The van der Waals surface area contributed by atoms with E-state index in [-0.39, 0.29) is 5.92 Å². The molecular weight excluding hydrogens is 240 g/mol. The molecule has 2 atom stereocenters.